The zero-order valence-corrected chi connectivity index (χ0v) is 12.5. The number of hydrogen-bond acceptors (Lipinski definition) is 3. The fraction of sp³-hybridized carbons (Fsp3) is 0.471. The number of ketones is 2. The molecular weight excluding hydrogens is 285 g/mol. The third-order valence-electron chi connectivity index (χ3n) is 4.52. The predicted octanol–water partition coefficient (Wildman–Crippen LogP) is 2.68. The fourth-order valence-electron chi connectivity index (χ4n) is 3.27. The molecule has 0 spiro atoms. The molecule has 4 nitrogen and oxygen atoms in total. The summed E-state index contributed by atoms with van der Waals surface area (Å²) >= 11 is 0. The Morgan fingerprint density at radius 1 is 1.36 bits per heavy atom. The summed E-state index contributed by atoms with van der Waals surface area (Å²) in [5, 5.41) is 0. The van der Waals surface area contributed by atoms with Crippen molar-refractivity contribution in [3.8, 4) is 0 Å². The van der Waals surface area contributed by atoms with E-state index in [1.54, 1.807) is 13.0 Å². The molecule has 2 aliphatic rings. The fourth-order valence-corrected chi connectivity index (χ4v) is 3.27. The van der Waals surface area contributed by atoms with Gasteiger partial charge in [-0.05, 0) is 30.5 Å². The third-order valence-corrected chi connectivity index (χ3v) is 4.52. The lowest BCUT2D eigenvalue weighted by Crippen LogP contribution is -2.24. The molecular formula is C17H18FNO3. The van der Waals surface area contributed by atoms with Gasteiger partial charge in [0.2, 0.25) is 5.91 Å². The average molecular weight is 303 g/mol. The summed E-state index contributed by atoms with van der Waals surface area (Å²) in [6.45, 7) is 2.32. The van der Waals surface area contributed by atoms with Crippen LogP contribution in [0.25, 0.3) is 0 Å². The summed E-state index contributed by atoms with van der Waals surface area (Å²) in [6, 6.07) is 2.94. The van der Waals surface area contributed by atoms with Gasteiger partial charge < -0.3 is 4.90 Å². The van der Waals surface area contributed by atoms with Gasteiger partial charge in [0, 0.05) is 43.0 Å². The van der Waals surface area contributed by atoms with Gasteiger partial charge in [0.25, 0.3) is 0 Å². The molecule has 0 N–H and O–H groups in total. The van der Waals surface area contributed by atoms with Crippen LogP contribution in [0.1, 0.15) is 48.5 Å². The number of hydrogen-bond donors (Lipinski definition) is 0. The normalized spacial score (nSPS) is 20.6. The van der Waals surface area contributed by atoms with E-state index < -0.39 is 11.7 Å². The molecule has 1 aliphatic heterocycles. The van der Waals surface area contributed by atoms with Gasteiger partial charge in [-0.2, -0.15) is 0 Å². The lowest BCUT2D eigenvalue weighted by molar-refractivity contribution is -0.119. The maximum atomic E-state index is 14.3. The van der Waals surface area contributed by atoms with Crippen LogP contribution in [0, 0.1) is 11.7 Å². The minimum atomic E-state index is -0.457. The summed E-state index contributed by atoms with van der Waals surface area (Å²) in [5.74, 6) is -1.11. The molecule has 1 amide bonds. The van der Waals surface area contributed by atoms with E-state index in [9.17, 15) is 18.8 Å². The zero-order chi connectivity index (χ0) is 15.9. The molecule has 0 aromatic heterocycles. The molecule has 1 aromatic rings. The summed E-state index contributed by atoms with van der Waals surface area (Å²) in [7, 11) is 0. The topological polar surface area (TPSA) is 54.5 Å². The molecule has 1 aromatic carbocycles. The standard InChI is InChI=1S/C17H18FNO3/c1-2-12(20)6-10-7-13-14(17(10)22)8-11(9-15(13)18)19-5-3-4-16(19)21/h8-10H,2-7H2,1H3. The highest BCUT2D eigenvalue weighted by Gasteiger charge is 2.35. The Balaban J connectivity index is 1.91. The maximum Gasteiger partial charge on any atom is 0.227 e. The first-order valence-corrected chi connectivity index (χ1v) is 7.70. The van der Waals surface area contributed by atoms with E-state index in [0.29, 0.717) is 36.2 Å². The number of Topliss-reactive ketones (excluding diaryl/α,β-unsaturated/α-hetero) is 2. The number of rotatable bonds is 4. The summed E-state index contributed by atoms with van der Waals surface area (Å²) in [5.41, 5.74) is 1.17. The van der Waals surface area contributed by atoms with Crippen molar-refractivity contribution in [2.75, 3.05) is 11.4 Å². The Hall–Kier alpha value is -2.04. The molecule has 22 heavy (non-hydrogen) atoms. The van der Waals surface area contributed by atoms with Crippen LogP contribution >= 0.6 is 0 Å². The number of halogens is 1. The van der Waals surface area contributed by atoms with Gasteiger partial charge >= 0.3 is 0 Å². The van der Waals surface area contributed by atoms with Crippen LogP contribution in [0.2, 0.25) is 0 Å². The molecule has 3 rings (SSSR count). The van der Waals surface area contributed by atoms with Crippen LogP contribution in [-0.4, -0.2) is 24.0 Å². The van der Waals surface area contributed by atoms with Crippen molar-refractivity contribution in [3.05, 3.63) is 29.1 Å². The van der Waals surface area contributed by atoms with Gasteiger partial charge in [0.05, 0.1) is 0 Å². The summed E-state index contributed by atoms with van der Waals surface area (Å²) in [4.78, 5) is 37.3. The minimum Gasteiger partial charge on any atom is -0.312 e. The zero-order valence-electron chi connectivity index (χ0n) is 12.5. The highest BCUT2D eigenvalue weighted by Crippen LogP contribution is 2.35. The predicted molar refractivity (Wildman–Crippen MR) is 79.4 cm³/mol. The molecule has 1 atom stereocenters. The Bertz CT molecular complexity index is 668. The van der Waals surface area contributed by atoms with Crippen molar-refractivity contribution < 1.29 is 18.8 Å². The van der Waals surface area contributed by atoms with Crippen LogP contribution in [-0.2, 0) is 16.0 Å². The van der Waals surface area contributed by atoms with Crippen LogP contribution < -0.4 is 4.90 Å². The van der Waals surface area contributed by atoms with Crippen LogP contribution in [0.4, 0.5) is 10.1 Å². The molecule has 1 heterocycles. The van der Waals surface area contributed by atoms with Crippen LogP contribution in [0.3, 0.4) is 0 Å². The Morgan fingerprint density at radius 2 is 2.14 bits per heavy atom. The minimum absolute atomic E-state index is 0.0153. The van der Waals surface area contributed by atoms with Crippen molar-refractivity contribution in [2.45, 2.75) is 39.0 Å². The quantitative estimate of drug-likeness (QED) is 0.859. The highest BCUT2D eigenvalue weighted by molar-refractivity contribution is 6.06. The van der Waals surface area contributed by atoms with Gasteiger partial charge in [-0.1, -0.05) is 6.92 Å². The molecule has 0 bridgehead atoms. The molecule has 0 saturated carbocycles. The van der Waals surface area contributed by atoms with Gasteiger partial charge in [-0.25, -0.2) is 4.39 Å². The lowest BCUT2D eigenvalue weighted by Gasteiger charge is -2.17. The van der Waals surface area contributed by atoms with E-state index in [1.807, 2.05) is 0 Å². The molecule has 1 saturated heterocycles. The van der Waals surface area contributed by atoms with E-state index in [0.717, 1.165) is 6.42 Å². The van der Waals surface area contributed by atoms with Crippen molar-refractivity contribution in [1.29, 1.82) is 0 Å². The van der Waals surface area contributed by atoms with E-state index in [1.165, 1.54) is 11.0 Å². The number of carbonyl (C=O) groups excluding carboxylic acids is 3. The summed E-state index contributed by atoms with van der Waals surface area (Å²) < 4.78 is 14.3. The van der Waals surface area contributed by atoms with E-state index >= 15 is 0 Å². The van der Waals surface area contributed by atoms with Crippen molar-refractivity contribution >= 4 is 23.2 Å². The Morgan fingerprint density at radius 3 is 2.77 bits per heavy atom. The Labute approximate surface area is 128 Å². The molecule has 116 valence electrons. The SMILES string of the molecule is CCC(=O)CC1Cc2c(F)cc(N3CCCC3=O)cc2C1=O. The van der Waals surface area contributed by atoms with Crippen LogP contribution in [0.15, 0.2) is 12.1 Å². The largest absolute Gasteiger partial charge is 0.312 e. The number of carbonyl (C=O) groups is 3. The van der Waals surface area contributed by atoms with Gasteiger partial charge in [0.1, 0.15) is 11.6 Å². The van der Waals surface area contributed by atoms with Crippen molar-refractivity contribution in [1.82, 2.24) is 0 Å². The van der Waals surface area contributed by atoms with Crippen molar-refractivity contribution in [2.24, 2.45) is 5.92 Å². The van der Waals surface area contributed by atoms with Gasteiger partial charge in [-0.3, -0.25) is 14.4 Å². The molecule has 1 aliphatic carbocycles. The molecule has 0 radical (unpaired) electrons. The third kappa shape index (κ3) is 2.45. The Kier molecular flexibility index (Phi) is 3.81. The number of fused-ring (bicyclic) bond motifs is 1. The summed E-state index contributed by atoms with van der Waals surface area (Å²) in [6.07, 6.45) is 2.04. The lowest BCUT2D eigenvalue weighted by atomic mass is 9.97. The second-order valence-corrected chi connectivity index (χ2v) is 5.96. The van der Waals surface area contributed by atoms with E-state index in [-0.39, 0.29) is 30.3 Å². The second-order valence-electron chi connectivity index (χ2n) is 5.96. The van der Waals surface area contributed by atoms with Crippen molar-refractivity contribution in [3.63, 3.8) is 0 Å². The first kappa shape index (κ1) is 14.9. The second kappa shape index (κ2) is 5.63. The maximum absolute atomic E-state index is 14.3. The number of nitrogens with zero attached hydrogens (tertiary/aromatic N) is 1. The van der Waals surface area contributed by atoms with Crippen LogP contribution in [0.5, 0.6) is 0 Å². The van der Waals surface area contributed by atoms with Gasteiger partial charge in [0.15, 0.2) is 5.78 Å². The monoisotopic (exact) mass is 303 g/mol. The highest BCUT2D eigenvalue weighted by atomic mass is 19.1. The first-order valence-electron chi connectivity index (χ1n) is 7.70. The molecule has 5 heteroatoms. The van der Waals surface area contributed by atoms with E-state index in [2.05, 4.69) is 0 Å². The number of anilines is 1. The molecule has 1 unspecified atom stereocenters. The smallest absolute Gasteiger partial charge is 0.227 e. The van der Waals surface area contributed by atoms with E-state index in [4.69, 9.17) is 0 Å². The number of amides is 1. The average Bonchev–Trinajstić information content (AvgIpc) is 3.05. The first-order chi connectivity index (χ1) is 10.5. The molecule has 1 fully saturated rings. The van der Waals surface area contributed by atoms with Gasteiger partial charge in [-0.15, -0.1) is 0 Å². The number of benzene rings is 1.